The third kappa shape index (κ3) is 4.75. The molecule has 0 atom stereocenters. The number of fused-ring (bicyclic) bond motifs is 3. The van der Waals surface area contributed by atoms with Gasteiger partial charge in [-0.3, -0.25) is 4.68 Å². The summed E-state index contributed by atoms with van der Waals surface area (Å²) in [5.41, 5.74) is 6.38. The van der Waals surface area contributed by atoms with Crippen LogP contribution in [0.4, 0.5) is 4.39 Å². The summed E-state index contributed by atoms with van der Waals surface area (Å²) >= 11 is 0. The Hall–Kier alpha value is -4.54. The summed E-state index contributed by atoms with van der Waals surface area (Å²) < 4.78 is 32.3. The number of benzene rings is 4. The normalized spacial score (nSPS) is 11.4. The Morgan fingerprint density at radius 3 is 2.51 bits per heavy atom. The van der Waals surface area contributed by atoms with E-state index in [4.69, 9.17) is 11.2 Å². The van der Waals surface area contributed by atoms with E-state index in [0.29, 0.717) is 28.9 Å². The maximum absolute atomic E-state index is 14.2. The number of hydrogen-bond acceptors (Lipinski definition) is 3. The molecule has 3 aromatic heterocycles. The Kier molecular flexibility index (Phi) is 6.69. The zero-order valence-electron chi connectivity index (χ0n) is 23.1. The van der Waals surface area contributed by atoms with E-state index in [1.165, 1.54) is 18.3 Å². The molecule has 7 heteroatoms. The minimum atomic E-state index is -0.388. The molecule has 0 saturated heterocycles. The molecule has 3 heterocycles. The van der Waals surface area contributed by atoms with Crippen LogP contribution in [0.5, 0.6) is 11.5 Å². The molecule has 0 aliphatic heterocycles. The SMILES string of the molecule is [2H]c1ccc2c(c1)c1ccc(Oc3[c-]c(-n4nc(C)c(-c5ccccc5)c4C)ccc3)[c-]c1n2-c1cc(F)ccn1.[Pt+2]. The summed E-state index contributed by atoms with van der Waals surface area (Å²) in [4.78, 5) is 4.40. The van der Waals surface area contributed by atoms with E-state index in [1.54, 1.807) is 12.1 Å². The van der Waals surface area contributed by atoms with Crippen LogP contribution in [-0.2, 0) is 21.1 Å². The van der Waals surface area contributed by atoms with Crippen LogP contribution in [0.2, 0.25) is 0 Å². The number of pyridine rings is 1. The standard InChI is InChI=1S/C34H23FN4O.Pt/c1-22-34(24-9-4-3-5-10-24)23(2)39(37-22)26-11-8-12-27(20-26)40-28-15-16-30-29-13-6-7-14-31(29)38(32(30)21-28)33-19-25(35)17-18-36-33;/h3-19H,1-2H3;/q-2;+2/i6D;. The molecule has 0 amide bonds. The van der Waals surface area contributed by atoms with Crippen LogP contribution >= 0.6 is 0 Å². The first-order chi connectivity index (χ1) is 20.0. The molecule has 0 aliphatic carbocycles. The van der Waals surface area contributed by atoms with Crippen LogP contribution in [0.25, 0.3) is 44.4 Å². The van der Waals surface area contributed by atoms with Crippen molar-refractivity contribution in [1.29, 1.82) is 0 Å². The first-order valence-corrected chi connectivity index (χ1v) is 12.9. The summed E-state index contributed by atoms with van der Waals surface area (Å²) in [6, 6.07) is 34.8. The minimum Gasteiger partial charge on any atom is -0.509 e. The predicted molar refractivity (Wildman–Crippen MR) is 155 cm³/mol. The van der Waals surface area contributed by atoms with Crippen molar-refractivity contribution in [2.75, 3.05) is 0 Å². The number of aromatic nitrogens is 4. The molecular formula is C34H23FN4OPt. The van der Waals surface area contributed by atoms with Crippen LogP contribution in [0.15, 0.2) is 103 Å². The molecule has 0 spiro atoms. The average molecular weight is 719 g/mol. The van der Waals surface area contributed by atoms with Crippen molar-refractivity contribution in [3.63, 3.8) is 0 Å². The third-order valence-electron chi connectivity index (χ3n) is 6.99. The van der Waals surface area contributed by atoms with Gasteiger partial charge in [0.25, 0.3) is 0 Å². The van der Waals surface area contributed by atoms with Gasteiger partial charge >= 0.3 is 21.1 Å². The van der Waals surface area contributed by atoms with E-state index in [0.717, 1.165) is 44.5 Å². The Labute approximate surface area is 252 Å². The second kappa shape index (κ2) is 10.8. The number of hydrogen-bond donors (Lipinski definition) is 0. The van der Waals surface area contributed by atoms with Crippen LogP contribution in [-0.4, -0.2) is 19.3 Å². The molecule has 0 N–H and O–H groups in total. The summed E-state index contributed by atoms with van der Waals surface area (Å²) in [5.74, 6) is 1.01. The molecule has 202 valence electrons. The Bertz CT molecular complexity index is 2090. The molecule has 41 heavy (non-hydrogen) atoms. The van der Waals surface area contributed by atoms with Crippen LogP contribution in [0.3, 0.4) is 0 Å². The van der Waals surface area contributed by atoms with Crippen molar-refractivity contribution in [3.05, 3.63) is 133 Å². The van der Waals surface area contributed by atoms with Gasteiger partial charge in [-0.15, -0.1) is 35.7 Å². The average Bonchev–Trinajstić information content (AvgIpc) is 3.46. The van der Waals surface area contributed by atoms with Crippen molar-refractivity contribution in [2.24, 2.45) is 0 Å². The van der Waals surface area contributed by atoms with E-state index >= 15 is 0 Å². The second-order valence-corrected chi connectivity index (χ2v) is 9.52. The molecule has 0 unspecified atom stereocenters. The maximum atomic E-state index is 14.2. The van der Waals surface area contributed by atoms with E-state index in [2.05, 4.69) is 29.2 Å². The first kappa shape index (κ1) is 25.4. The molecule has 7 rings (SSSR count). The monoisotopic (exact) mass is 718 g/mol. The number of aryl methyl sites for hydroxylation is 1. The van der Waals surface area contributed by atoms with Gasteiger partial charge in [0, 0.05) is 40.5 Å². The van der Waals surface area contributed by atoms with Crippen LogP contribution in [0, 0.1) is 31.8 Å². The summed E-state index contributed by atoms with van der Waals surface area (Å²) in [6.45, 7) is 4.06. The Morgan fingerprint density at radius 2 is 1.68 bits per heavy atom. The van der Waals surface area contributed by atoms with Crippen LogP contribution < -0.4 is 4.74 Å². The van der Waals surface area contributed by atoms with Crippen molar-refractivity contribution in [1.82, 2.24) is 19.3 Å². The summed E-state index contributed by atoms with van der Waals surface area (Å²) in [5, 5.41) is 6.51. The fourth-order valence-corrected chi connectivity index (χ4v) is 5.26. The van der Waals surface area contributed by atoms with Crippen molar-refractivity contribution in [3.8, 4) is 34.1 Å². The minimum absolute atomic E-state index is 0. The van der Waals surface area contributed by atoms with E-state index in [1.807, 2.05) is 77.7 Å². The van der Waals surface area contributed by atoms with Gasteiger partial charge < -0.3 is 9.30 Å². The maximum Gasteiger partial charge on any atom is 2.00 e. The zero-order valence-corrected chi connectivity index (χ0v) is 24.4. The van der Waals surface area contributed by atoms with Crippen LogP contribution in [0.1, 0.15) is 12.8 Å². The second-order valence-electron chi connectivity index (χ2n) is 9.52. The van der Waals surface area contributed by atoms with Gasteiger partial charge in [0.1, 0.15) is 11.6 Å². The molecule has 0 bridgehead atoms. The van der Waals surface area contributed by atoms with E-state index < -0.39 is 0 Å². The van der Waals surface area contributed by atoms with E-state index in [9.17, 15) is 4.39 Å². The predicted octanol–water partition coefficient (Wildman–Crippen LogP) is 8.18. The van der Waals surface area contributed by atoms with Gasteiger partial charge in [-0.1, -0.05) is 54.0 Å². The molecule has 4 aromatic carbocycles. The number of ether oxygens (including phenoxy) is 1. The smallest absolute Gasteiger partial charge is 0.509 e. The Morgan fingerprint density at radius 1 is 0.854 bits per heavy atom. The third-order valence-corrected chi connectivity index (χ3v) is 6.99. The molecule has 0 radical (unpaired) electrons. The summed E-state index contributed by atoms with van der Waals surface area (Å²) in [6.07, 6.45) is 1.43. The fraction of sp³-hybridized carbons (Fsp3) is 0.0588. The largest absolute Gasteiger partial charge is 2.00 e. The van der Waals surface area contributed by atoms with Crippen molar-refractivity contribution < 1.29 is 31.6 Å². The Balaban J connectivity index is 0.00000316. The molecule has 0 saturated carbocycles. The molecule has 7 aromatic rings. The number of rotatable bonds is 5. The first-order valence-electron chi connectivity index (χ1n) is 13.4. The van der Waals surface area contributed by atoms with Gasteiger partial charge in [-0.05, 0) is 42.6 Å². The fourth-order valence-electron chi connectivity index (χ4n) is 5.26. The molecular weight excluding hydrogens is 694 g/mol. The number of nitrogens with zero attached hydrogens (tertiary/aromatic N) is 4. The summed E-state index contributed by atoms with van der Waals surface area (Å²) in [7, 11) is 0. The molecule has 0 aliphatic rings. The quantitative estimate of drug-likeness (QED) is 0.169. The van der Waals surface area contributed by atoms with Gasteiger partial charge in [0.2, 0.25) is 0 Å². The van der Waals surface area contributed by atoms with Crippen molar-refractivity contribution >= 4 is 21.8 Å². The van der Waals surface area contributed by atoms with Gasteiger partial charge in [-0.25, -0.2) is 9.37 Å². The van der Waals surface area contributed by atoms with Gasteiger partial charge in [-0.2, -0.15) is 17.2 Å². The molecule has 0 fully saturated rings. The van der Waals surface area contributed by atoms with Crippen molar-refractivity contribution in [2.45, 2.75) is 13.8 Å². The van der Waals surface area contributed by atoms with E-state index in [-0.39, 0.29) is 26.9 Å². The van der Waals surface area contributed by atoms with Gasteiger partial charge in [0.15, 0.2) is 0 Å². The van der Waals surface area contributed by atoms with Gasteiger partial charge in [0.05, 0.1) is 7.06 Å². The topological polar surface area (TPSA) is 44.9 Å². The number of para-hydroxylation sites is 1. The number of halogens is 1. The molecule has 5 nitrogen and oxygen atoms in total. The zero-order chi connectivity index (χ0) is 28.1.